The van der Waals surface area contributed by atoms with Crippen molar-refractivity contribution >= 4 is 17.8 Å². The maximum Gasteiger partial charge on any atom is 0.333 e. The summed E-state index contributed by atoms with van der Waals surface area (Å²) in [6, 6.07) is 0. The van der Waals surface area contributed by atoms with Crippen LogP contribution in [0.4, 0.5) is 0 Å². The molecule has 0 aliphatic carbocycles. The van der Waals surface area contributed by atoms with Crippen molar-refractivity contribution in [3.63, 3.8) is 0 Å². The first-order chi connectivity index (χ1) is 6.43. The molecule has 76 valence electrons. The highest BCUT2D eigenvalue weighted by molar-refractivity contribution is 6.05. The van der Waals surface area contributed by atoms with Gasteiger partial charge in [-0.3, -0.25) is 14.5 Å². The third kappa shape index (κ3) is 1.81. The summed E-state index contributed by atoms with van der Waals surface area (Å²) in [5.41, 5.74) is 0.208. The lowest BCUT2D eigenvalue weighted by atomic mass is 10.3. The Morgan fingerprint density at radius 3 is 2.50 bits per heavy atom. The van der Waals surface area contributed by atoms with Crippen LogP contribution in [0.3, 0.4) is 0 Å². The van der Waals surface area contributed by atoms with Crippen molar-refractivity contribution in [1.29, 1.82) is 0 Å². The molecule has 0 spiro atoms. The summed E-state index contributed by atoms with van der Waals surface area (Å²) in [5, 5.41) is 0. The van der Waals surface area contributed by atoms with E-state index >= 15 is 0 Å². The molecule has 1 aliphatic heterocycles. The first kappa shape index (κ1) is 10.4. The Labute approximate surface area is 81.3 Å². The van der Waals surface area contributed by atoms with Crippen LogP contribution in [0, 0.1) is 0 Å². The molecule has 1 atom stereocenters. The maximum atomic E-state index is 11.3. The number of likely N-dealkylation sites (tertiary alicyclic amines) is 1. The maximum absolute atomic E-state index is 11.3. The molecule has 0 radical (unpaired) electrons. The van der Waals surface area contributed by atoms with Gasteiger partial charge >= 0.3 is 5.97 Å². The number of rotatable bonds is 2. The van der Waals surface area contributed by atoms with Crippen molar-refractivity contribution in [1.82, 2.24) is 4.90 Å². The van der Waals surface area contributed by atoms with Crippen molar-refractivity contribution in [2.75, 3.05) is 7.05 Å². The zero-order valence-corrected chi connectivity index (χ0v) is 8.07. The number of carbonyl (C=O) groups is 3. The summed E-state index contributed by atoms with van der Waals surface area (Å²) in [6.07, 6.45) is -1.05. The minimum absolute atomic E-state index is 0.0750. The molecule has 0 N–H and O–H groups in total. The average molecular weight is 197 g/mol. The van der Waals surface area contributed by atoms with Crippen LogP contribution in [0.25, 0.3) is 0 Å². The van der Waals surface area contributed by atoms with E-state index in [-0.39, 0.29) is 17.9 Å². The van der Waals surface area contributed by atoms with Gasteiger partial charge in [-0.25, -0.2) is 4.79 Å². The summed E-state index contributed by atoms with van der Waals surface area (Å²) in [7, 11) is 1.36. The molecule has 1 unspecified atom stereocenters. The summed E-state index contributed by atoms with van der Waals surface area (Å²) in [6.45, 7) is 4.86. The van der Waals surface area contributed by atoms with E-state index in [1.54, 1.807) is 0 Å². The van der Waals surface area contributed by atoms with Crippen molar-refractivity contribution < 1.29 is 19.1 Å². The zero-order chi connectivity index (χ0) is 10.9. The number of amides is 2. The smallest absolute Gasteiger partial charge is 0.333 e. The Hall–Kier alpha value is -1.65. The first-order valence-electron chi connectivity index (χ1n) is 4.10. The van der Waals surface area contributed by atoms with E-state index < -0.39 is 18.0 Å². The van der Waals surface area contributed by atoms with E-state index in [2.05, 4.69) is 6.58 Å². The van der Waals surface area contributed by atoms with Gasteiger partial charge in [-0.1, -0.05) is 6.58 Å². The summed E-state index contributed by atoms with van der Waals surface area (Å²) in [5.74, 6) is -1.47. The van der Waals surface area contributed by atoms with Crippen LogP contribution < -0.4 is 0 Å². The summed E-state index contributed by atoms with van der Waals surface area (Å²) in [4.78, 5) is 34.3. The molecule has 0 bridgehead atoms. The van der Waals surface area contributed by atoms with E-state index in [1.807, 2.05) is 0 Å². The van der Waals surface area contributed by atoms with Crippen molar-refractivity contribution in [3.05, 3.63) is 12.2 Å². The van der Waals surface area contributed by atoms with Gasteiger partial charge < -0.3 is 4.74 Å². The van der Waals surface area contributed by atoms with Gasteiger partial charge in [-0.15, -0.1) is 0 Å². The highest BCUT2D eigenvalue weighted by Gasteiger charge is 2.38. The fraction of sp³-hybridized carbons (Fsp3) is 0.444. The topological polar surface area (TPSA) is 63.7 Å². The lowest BCUT2D eigenvalue weighted by Crippen LogP contribution is -2.30. The quantitative estimate of drug-likeness (QED) is 0.351. The van der Waals surface area contributed by atoms with E-state index in [1.165, 1.54) is 14.0 Å². The number of imide groups is 1. The molecular weight excluding hydrogens is 186 g/mol. The molecule has 1 aliphatic rings. The second-order valence-corrected chi connectivity index (χ2v) is 3.17. The Bertz CT molecular complexity index is 321. The number of hydrogen-bond acceptors (Lipinski definition) is 4. The molecule has 5 nitrogen and oxygen atoms in total. The SMILES string of the molecule is C=C(C)C(=O)OC1CC(=O)N(C)C1=O. The summed E-state index contributed by atoms with van der Waals surface area (Å²) < 4.78 is 4.78. The third-order valence-corrected chi connectivity index (χ3v) is 1.94. The predicted octanol–water partition coefficient (Wildman–Crippen LogP) is -0.137. The number of carbonyl (C=O) groups excluding carboxylic acids is 3. The highest BCUT2D eigenvalue weighted by Crippen LogP contribution is 2.15. The normalized spacial score (nSPS) is 21.3. The lowest BCUT2D eigenvalue weighted by molar-refractivity contribution is -0.152. The summed E-state index contributed by atoms with van der Waals surface area (Å²) >= 11 is 0. The average Bonchev–Trinajstić information content (AvgIpc) is 2.33. The molecule has 14 heavy (non-hydrogen) atoms. The Balaban J connectivity index is 2.65. The van der Waals surface area contributed by atoms with Gasteiger partial charge in [-0.05, 0) is 6.92 Å². The second kappa shape index (κ2) is 3.61. The molecule has 1 saturated heterocycles. The highest BCUT2D eigenvalue weighted by atomic mass is 16.5. The standard InChI is InChI=1S/C9H11NO4/c1-5(2)9(13)14-6-4-7(11)10(3)8(6)12/h6H,1,4H2,2-3H3. The molecular formula is C9H11NO4. The predicted molar refractivity (Wildman–Crippen MR) is 47.1 cm³/mol. The third-order valence-electron chi connectivity index (χ3n) is 1.94. The minimum Gasteiger partial charge on any atom is -0.448 e. The van der Waals surface area contributed by atoms with Crippen LogP contribution in [0.1, 0.15) is 13.3 Å². The van der Waals surface area contributed by atoms with Crippen LogP contribution in [-0.2, 0) is 19.1 Å². The Kier molecular flexibility index (Phi) is 2.69. The monoisotopic (exact) mass is 197 g/mol. The van der Waals surface area contributed by atoms with Gasteiger partial charge in [0.15, 0.2) is 6.10 Å². The van der Waals surface area contributed by atoms with Crippen LogP contribution >= 0.6 is 0 Å². The van der Waals surface area contributed by atoms with E-state index in [9.17, 15) is 14.4 Å². The zero-order valence-electron chi connectivity index (χ0n) is 8.07. The number of esters is 1. The number of nitrogens with zero attached hydrogens (tertiary/aromatic N) is 1. The van der Waals surface area contributed by atoms with Crippen LogP contribution in [0.15, 0.2) is 12.2 Å². The largest absolute Gasteiger partial charge is 0.448 e. The van der Waals surface area contributed by atoms with E-state index in [4.69, 9.17) is 4.74 Å². The van der Waals surface area contributed by atoms with Gasteiger partial charge in [0.2, 0.25) is 5.91 Å². The van der Waals surface area contributed by atoms with Crippen molar-refractivity contribution in [2.45, 2.75) is 19.4 Å². The van der Waals surface area contributed by atoms with E-state index in [0.717, 1.165) is 4.90 Å². The van der Waals surface area contributed by atoms with Gasteiger partial charge in [0.05, 0.1) is 6.42 Å². The fourth-order valence-electron chi connectivity index (χ4n) is 1.04. The minimum atomic E-state index is -0.975. The second-order valence-electron chi connectivity index (χ2n) is 3.17. The number of ether oxygens (including phenoxy) is 1. The molecule has 0 saturated carbocycles. The van der Waals surface area contributed by atoms with Gasteiger partial charge in [0.25, 0.3) is 5.91 Å². The lowest BCUT2D eigenvalue weighted by Gasteiger charge is -2.09. The molecule has 1 fully saturated rings. The fourth-order valence-corrected chi connectivity index (χ4v) is 1.04. The molecule has 5 heteroatoms. The Morgan fingerprint density at radius 2 is 2.14 bits per heavy atom. The van der Waals surface area contributed by atoms with E-state index in [0.29, 0.717) is 0 Å². The molecule has 0 aromatic carbocycles. The Morgan fingerprint density at radius 1 is 1.57 bits per heavy atom. The number of hydrogen-bond donors (Lipinski definition) is 0. The molecule has 0 aromatic rings. The molecule has 1 rings (SSSR count). The first-order valence-corrected chi connectivity index (χ1v) is 4.10. The number of likely N-dealkylation sites (N-methyl/N-ethyl adjacent to an activating group) is 1. The van der Waals surface area contributed by atoms with Gasteiger partial charge in [0.1, 0.15) is 0 Å². The van der Waals surface area contributed by atoms with Crippen LogP contribution in [0.2, 0.25) is 0 Å². The van der Waals surface area contributed by atoms with Crippen molar-refractivity contribution in [3.8, 4) is 0 Å². The molecule has 0 aromatic heterocycles. The van der Waals surface area contributed by atoms with Crippen molar-refractivity contribution in [2.24, 2.45) is 0 Å². The van der Waals surface area contributed by atoms with Gasteiger partial charge in [-0.2, -0.15) is 0 Å². The van der Waals surface area contributed by atoms with Gasteiger partial charge in [0, 0.05) is 12.6 Å². The molecule has 1 heterocycles. The molecule has 2 amide bonds. The van der Waals surface area contributed by atoms with Crippen LogP contribution in [-0.4, -0.2) is 35.8 Å². The van der Waals surface area contributed by atoms with Crippen LogP contribution in [0.5, 0.6) is 0 Å².